The molecule has 1 heterocycles. The largest absolute Gasteiger partial charge is 0.460 e. The molecule has 5 rings (SSSR count). The Labute approximate surface area is 220 Å². The van der Waals surface area contributed by atoms with Gasteiger partial charge in [0.15, 0.2) is 6.10 Å². The van der Waals surface area contributed by atoms with Gasteiger partial charge in [0.05, 0.1) is 13.2 Å². The van der Waals surface area contributed by atoms with Gasteiger partial charge in [0.25, 0.3) is 0 Å². The minimum Gasteiger partial charge on any atom is -0.460 e. The smallest absolute Gasteiger partial charge is 0.410 e. The van der Waals surface area contributed by atoms with Crippen LogP contribution in [0.2, 0.25) is 0 Å². The van der Waals surface area contributed by atoms with Crippen LogP contribution >= 0.6 is 0 Å². The first-order chi connectivity index (χ1) is 17.3. The number of carbonyl (C=O) groups excluding carboxylic acids is 4. The zero-order valence-corrected chi connectivity index (χ0v) is 23.0. The molecular formula is C29H43NO7. The molecule has 0 N–H and O–H groups in total. The molecule has 1 aliphatic heterocycles. The summed E-state index contributed by atoms with van der Waals surface area (Å²) in [5, 5.41) is 0. The second-order valence-electron chi connectivity index (χ2n) is 13.6. The zero-order valence-electron chi connectivity index (χ0n) is 23.0. The number of ether oxygens (including phenoxy) is 3. The number of Topliss-reactive ketones (excluding diaryl/α,β-unsaturated/α-hetero) is 2. The average Bonchev–Trinajstić information content (AvgIpc) is 3.13. The highest BCUT2D eigenvalue weighted by Crippen LogP contribution is 2.64. The molecule has 8 nitrogen and oxygen atoms in total. The highest BCUT2D eigenvalue weighted by molar-refractivity contribution is 5.88. The van der Waals surface area contributed by atoms with Gasteiger partial charge in [-0.1, -0.05) is 13.8 Å². The van der Waals surface area contributed by atoms with Crippen LogP contribution in [0.25, 0.3) is 0 Å². The van der Waals surface area contributed by atoms with Gasteiger partial charge in [-0.05, 0) is 82.5 Å². The molecular weight excluding hydrogens is 474 g/mol. The molecule has 4 aliphatic carbocycles. The molecule has 8 atom stereocenters. The van der Waals surface area contributed by atoms with Crippen LogP contribution in [0.5, 0.6) is 0 Å². The van der Waals surface area contributed by atoms with Crippen molar-refractivity contribution in [3.63, 3.8) is 0 Å². The van der Waals surface area contributed by atoms with Crippen LogP contribution in [0, 0.1) is 34.5 Å². The van der Waals surface area contributed by atoms with E-state index in [0.29, 0.717) is 49.3 Å². The minimum absolute atomic E-state index is 0.100. The summed E-state index contributed by atoms with van der Waals surface area (Å²) in [6.07, 6.45) is 4.54. The monoisotopic (exact) mass is 517 g/mol. The summed E-state index contributed by atoms with van der Waals surface area (Å²) < 4.78 is 17.0. The van der Waals surface area contributed by atoms with Crippen molar-refractivity contribution < 1.29 is 33.4 Å². The maximum Gasteiger partial charge on any atom is 0.410 e. The van der Waals surface area contributed by atoms with Crippen molar-refractivity contribution in [1.29, 1.82) is 0 Å². The molecule has 0 bridgehead atoms. The van der Waals surface area contributed by atoms with E-state index in [9.17, 15) is 19.2 Å². The van der Waals surface area contributed by atoms with Crippen LogP contribution < -0.4 is 0 Å². The first-order valence-electron chi connectivity index (χ1n) is 14.2. The molecule has 37 heavy (non-hydrogen) atoms. The van der Waals surface area contributed by atoms with Gasteiger partial charge in [0, 0.05) is 30.7 Å². The fourth-order valence-electron chi connectivity index (χ4n) is 8.41. The quantitative estimate of drug-likeness (QED) is 0.503. The number of rotatable bonds is 2. The second-order valence-corrected chi connectivity index (χ2v) is 13.6. The van der Waals surface area contributed by atoms with Gasteiger partial charge in [-0.2, -0.15) is 0 Å². The van der Waals surface area contributed by atoms with Crippen molar-refractivity contribution in [2.24, 2.45) is 34.5 Å². The van der Waals surface area contributed by atoms with E-state index in [1.807, 2.05) is 20.8 Å². The molecule has 0 radical (unpaired) electrons. The van der Waals surface area contributed by atoms with Crippen molar-refractivity contribution >= 4 is 23.6 Å². The number of nitrogens with zero attached hydrogens (tertiary/aromatic N) is 1. The molecule has 5 fully saturated rings. The molecule has 5 aliphatic rings. The molecule has 0 aromatic heterocycles. The minimum atomic E-state index is -0.850. The Morgan fingerprint density at radius 2 is 1.81 bits per heavy atom. The van der Waals surface area contributed by atoms with Crippen molar-refractivity contribution in [2.45, 2.75) is 104 Å². The molecule has 0 aromatic rings. The van der Waals surface area contributed by atoms with E-state index in [-0.39, 0.29) is 41.8 Å². The third-order valence-corrected chi connectivity index (χ3v) is 10.4. The molecule has 206 valence electrons. The Hall–Kier alpha value is -1.96. The van der Waals surface area contributed by atoms with Gasteiger partial charge in [0.2, 0.25) is 0 Å². The molecule has 0 spiro atoms. The SMILES string of the molecule is CC(C)(C)OC(=O)N1CCOC(C(=O)O[C@H]2CC[C@@]3(C)C(C2)C(=O)C[C@@H]2[C@@H]3CC[C@]3(C)C(=O)CC[C@@H]23)C1. The van der Waals surface area contributed by atoms with E-state index in [2.05, 4.69) is 13.8 Å². The van der Waals surface area contributed by atoms with Gasteiger partial charge in [-0.3, -0.25) is 9.59 Å². The van der Waals surface area contributed by atoms with Crippen LogP contribution in [0.1, 0.15) is 86.0 Å². The molecule has 1 saturated heterocycles. The number of morpholine rings is 1. The zero-order chi connectivity index (χ0) is 26.8. The lowest BCUT2D eigenvalue weighted by Gasteiger charge is -2.59. The first-order valence-corrected chi connectivity index (χ1v) is 14.2. The topological polar surface area (TPSA) is 99.2 Å². The summed E-state index contributed by atoms with van der Waals surface area (Å²) in [6.45, 7) is 10.5. The Morgan fingerprint density at radius 1 is 1.05 bits per heavy atom. The number of ketones is 2. The number of carbonyl (C=O) groups is 4. The fraction of sp³-hybridized carbons (Fsp3) is 0.862. The number of amides is 1. The van der Waals surface area contributed by atoms with Crippen molar-refractivity contribution in [1.82, 2.24) is 4.90 Å². The Bertz CT molecular complexity index is 972. The summed E-state index contributed by atoms with van der Waals surface area (Å²) in [5.74, 6) is 1.15. The Balaban J connectivity index is 1.21. The third-order valence-electron chi connectivity index (χ3n) is 10.4. The fourth-order valence-corrected chi connectivity index (χ4v) is 8.41. The highest BCUT2D eigenvalue weighted by Gasteiger charge is 2.62. The van der Waals surface area contributed by atoms with Crippen molar-refractivity contribution in [3.8, 4) is 0 Å². The Morgan fingerprint density at radius 3 is 2.54 bits per heavy atom. The summed E-state index contributed by atoms with van der Waals surface area (Å²) in [5.41, 5.74) is -0.967. The lowest BCUT2D eigenvalue weighted by atomic mass is 9.45. The van der Waals surface area contributed by atoms with Crippen molar-refractivity contribution in [3.05, 3.63) is 0 Å². The number of hydrogen-bond donors (Lipinski definition) is 0. The standard InChI is InChI=1S/C29H43NO7/c1-27(2,3)37-26(34)30-12-13-35-23(16-30)25(33)36-17-8-10-28(4)20-9-11-29(5)19(6-7-24(29)32)18(20)15-22(31)21(28)14-17/h17-21,23H,6-16H2,1-5H3/t17-,18-,19-,20-,21?,23?,28+,29-/m0/s1. The van der Waals surface area contributed by atoms with E-state index in [1.165, 1.54) is 4.90 Å². The second kappa shape index (κ2) is 9.35. The highest BCUT2D eigenvalue weighted by atomic mass is 16.6. The molecule has 4 saturated carbocycles. The average molecular weight is 518 g/mol. The van der Waals surface area contributed by atoms with Gasteiger partial charge in [0.1, 0.15) is 23.3 Å². The lowest BCUT2D eigenvalue weighted by molar-refractivity contribution is -0.179. The van der Waals surface area contributed by atoms with Crippen LogP contribution in [0.3, 0.4) is 0 Å². The number of esters is 1. The third kappa shape index (κ3) is 4.72. The number of fused-ring (bicyclic) bond motifs is 5. The van der Waals surface area contributed by atoms with Crippen LogP contribution in [0.15, 0.2) is 0 Å². The van der Waals surface area contributed by atoms with Crippen LogP contribution in [0.4, 0.5) is 4.79 Å². The molecule has 8 heteroatoms. The maximum atomic E-state index is 13.5. The van der Waals surface area contributed by atoms with E-state index in [4.69, 9.17) is 14.2 Å². The van der Waals surface area contributed by atoms with E-state index in [0.717, 1.165) is 32.1 Å². The van der Waals surface area contributed by atoms with E-state index in [1.54, 1.807) is 0 Å². The summed E-state index contributed by atoms with van der Waals surface area (Å²) >= 11 is 0. The predicted molar refractivity (Wildman–Crippen MR) is 135 cm³/mol. The van der Waals surface area contributed by atoms with Gasteiger partial charge >= 0.3 is 12.1 Å². The first kappa shape index (κ1) is 26.6. The van der Waals surface area contributed by atoms with Gasteiger partial charge < -0.3 is 19.1 Å². The lowest BCUT2D eigenvalue weighted by Crippen LogP contribution is -2.57. The normalized spacial score (nSPS) is 41.9. The van der Waals surface area contributed by atoms with Crippen LogP contribution in [-0.4, -0.2) is 66.0 Å². The Kier molecular flexibility index (Phi) is 6.73. The summed E-state index contributed by atoms with van der Waals surface area (Å²) in [4.78, 5) is 53.2. The maximum absolute atomic E-state index is 13.5. The van der Waals surface area contributed by atoms with Gasteiger partial charge in [-0.15, -0.1) is 0 Å². The van der Waals surface area contributed by atoms with Gasteiger partial charge in [-0.25, -0.2) is 9.59 Å². The molecule has 2 unspecified atom stereocenters. The van der Waals surface area contributed by atoms with Crippen molar-refractivity contribution in [2.75, 3.05) is 19.7 Å². The van der Waals surface area contributed by atoms with Crippen LogP contribution in [-0.2, 0) is 28.6 Å². The molecule has 0 aromatic carbocycles. The van der Waals surface area contributed by atoms with E-state index < -0.39 is 23.8 Å². The summed E-state index contributed by atoms with van der Waals surface area (Å²) in [6, 6.07) is 0. The van der Waals surface area contributed by atoms with E-state index >= 15 is 0 Å². The summed E-state index contributed by atoms with van der Waals surface area (Å²) in [7, 11) is 0. The molecule has 1 amide bonds. The predicted octanol–water partition coefficient (Wildman–Crippen LogP) is 4.32. The number of hydrogen-bond acceptors (Lipinski definition) is 7.